The summed E-state index contributed by atoms with van der Waals surface area (Å²) in [6, 6.07) is 16.3. The van der Waals surface area contributed by atoms with Gasteiger partial charge in [-0.05, 0) is 29.7 Å². The highest BCUT2D eigenvalue weighted by Gasteiger charge is 2.32. The summed E-state index contributed by atoms with van der Waals surface area (Å²) in [5.74, 6) is -0.291. The first-order valence-corrected chi connectivity index (χ1v) is 8.52. The standard InChI is InChI=1S/C20H23FN2O.ClH/c1-2-18(15-7-4-3-5-8-15)20(24)23-12-11-22-14-19(23)16-9-6-10-17(21)13-16;/h3-10,13,18-19,22H,2,11-12,14H2,1H3;1H. The first-order chi connectivity index (χ1) is 11.7. The maximum atomic E-state index is 13.6. The molecule has 0 bridgehead atoms. The number of nitrogens with zero attached hydrogens (tertiary/aromatic N) is 1. The predicted molar refractivity (Wildman–Crippen MR) is 100 cm³/mol. The molecule has 0 spiro atoms. The number of hydrogen-bond donors (Lipinski definition) is 1. The highest BCUT2D eigenvalue weighted by Crippen LogP contribution is 2.29. The molecule has 134 valence electrons. The lowest BCUT2D eigenvalue weighted by Gasteiger charge is -2.38. The molecule has 0 saturated carbocycles. The zero-order chi connectivity index (χ0) is 16.9. The van der Waals surface area contributed by atoms with Crippen molar-refractivity contribution in [2.24, 2.45) is 0 Å². The predicted octanol–water partition coefficient (Wildman–Crippen LogP) is 3.91. The van der Waals surface area contributed by atoms with Crippen LogP contribution < -0.4 is 5.32 Å². The van der Waals surface area contributed by atoms with E-state index in [0.717, 1.165) is 24.1 Å². The summed E-state index contributed by atoms with van der Waals surface area (Å²) < 4.78 is 13.6. The largest absolute Gasteiger partial charge is 0.333 e. The molecule has 2 unspecified atom stereocenters. The van der Waals surface area contributed by atoms with Crippen molar-refractivity contribution >= 4 is 18.3 Å². The van der Waals surface area contributed by atoms with Crippen LogP contribution in [0.15, 0.2) is 54.6 Å². The van der Waals surface area contributed by atoms with Crippen molar-refractivity contribution in [1.82, 2.24) is 10.2 Å². The summed E-state index contributed by atoms with van der Waals surface area (Å²) >= 11 is 0. The van der Waals surface area contributed by atoms with Crippen LogP contribution in [0.5, 0.6) is 0 Å². The van der Waals surface area contributed by atoms with Crippen molar-refractivity contribution in [3.8, 4) is 0 Å². The minimum Gasteiger partial charge on any atom is -0.333 e. The molecular weight excluding hydrogens is 339 g/mol. The van der Waals surface area contributed by atoms with Gasteiger partial charge < -0.3 is 10.2 Å². The Bertz CT molecular complexity index is 695. The number of piperazine rings is 1. The summed E-state index contributed by atoms with van der Waals surface area (Å²) in [5, 5.41) is 3.32. The van der Waals surface area contributed by atoms with Crippen molar-refractivity contribution in [3.05, 3.63) is 71.5 Å². The van der Waals surface area contributed by atoms with E-state index in [2.05, 4.69) is 5.32 Å². The van der Waals surface area contributed by atoms with Crippen molar-refractivity contribution < 1.29 is 9.18 Å². The Kier molecular flexibility index (Phi) is 6.97. The highest BCUT2D eigenvalue weighted by molar-refractivity contribution is 5.85. The summed E-state index contributed by atoms with van der Waals surface area (Å²) in [4.78, 5) is 15.1. The molecule has 3 nitrogen and oxygen atoms in total. The van der Waals surface area contributed by atoms with Gasteiger partial charge in [0.15, 0.2) is 0 Å². The van der Waals surface area contributed by atoms with E-state index in [1.807, 2.05) is 48.2 Å². The number of amides is 1. The smallest absolute Gasteiger partial charge is 0.230 e. The lowest BCUT2D eigenvalue weighted by molar-refractivity contribution is -0.136. The molecule has 1 aliphatic rings. The lowest BCUT2D eigenvalue weighted by Crippen LogP contribution is -2.50. The Morgan fingerprint density at radius 1 is 1.24 bits per heavy atom. The van der Waals surface area contributed by atoms with Crippen molar-refractivity contribution in [2.45, 2.75) is 25.3 Å². The van der Waals surface area contributed by atoms with Crippen LogP contribution in [-0.4, -0.2) is 30.4 Å². The van der Waals surface area contributed by atoms with E-state index in [0.29, 0.717) is 13.1 Å². The van der Waals surface area contributed by atoms with Gasteiger partial charge >= 0.3 is 0 Å². The van der Waals surface area contributed by atoms with Gasteiger partial charge in [0.25, 0.3) is 0 Å². The number of halogens is 2. The summed E-state index contributed by atoms with van der Waals surface area (Å²) in [5.41, 5.74) is 1.89. The maximum Gasteiger partial charge on any atom is 0.230 e. The molecule has 1 N–H and O–H groups in total. The number of rotatable bonds is 4. The normalized spacial score (nSPS) is 18.3. The van der Waals surface area contributed by atoms with Gasteiger partial charge in [-0.3, -0.25) is 4.79 Å². The van der Waals surface area contributed by atoms with Crippen molar-refractivity contribution in [1.29, 1.82) is 0 Å². The highest BCUT2D eigenvalue weighted by atomic mass is 35.5. The molecule has 3 rings (SSSR count). The lowest BCUT2D eigenvalue weighted by atomic mass is 9.93. The van der Waals surface area contributed by atoms with Crippen LogP contribution in [0.25, 0.3) is 0 Å². The molecule has 5 heteroatoms. The molecule has 1 aliphatic heterocycles. The van der Waals surface area contributed by atoms with E-state index < -0.39 is 0 Å². The van der Waals surface area contributed by atoms with Gasteiger partial charge in [0, 0.05) is 19.6 Å². The van der Waals surface area contributed by atoms with Gasteiger partial charge in [-0.15, -0.1) is 12.4 Å². The van der Waals surface area contributed by atoms with Crippen LogP contribution in [0, 0.1) is 5.82 Å². The van der Waals surface area contributed by atoms with E-state index in [-0.39, 0.29) is 36.1 Å². The Hall–Kier alpha value is -1.91. The third-order valence-electron chi connectivity index (χ3n) is 4.67. The molecule has 1 amide bonds. The number of carbonyl (C=O) groups excluding carboxylic acids is 1. The fraction of sp³-hybridized carbons (Fsp3) is 0.350. The molecule has 0 aromatic heterocycles. The molecule has 1 saturated heterocycles. The van der Waals surface area contributed by atoms with Gasteiger partial charge in [-0.1, -0.05) is 49.4 Å². The molecule has 2 aromatic rings. The van der Waals surface area contributed by atoms with E-state index in [1.54, 1.807) is 6.07 Å². The number of nitrogens with one attached hydrogen (secondary N) is 1. The van der Waals surface area contributed by atoms with E-state index in [9.17, 15) is 9.18 Å². The van der Waals surface area contributed by atoms with E-state index >= 15 is 0 Å². The third-order valence-corrected chi connectivity index (χ3v) is 4.67. The van der Waals surface area contributed by atoms with Crippen LogP contribution in [0.2, 0.25) is 0 Å². The molecule has 2 atom stereocenters. The van der Waals surface area contributed by atoms with Gasteiger partial charge in [0.05, 0.1) is 12.0 Å². The zero-order valence-electron chi connectivity index (χ0n) is 14.3. The van der Waals surface area contributed by atoms with Crippen molar-refractivity contribution in [3.63, 3.8) is 0 Å². The van der Waals surface area contributed by atoms with E-state index in [4.69, 9.17) is 0 Å². The van der Waals surface area contributed by atoms with Crippen LogP contribution >= 0.6 is 12.4 Å². The van der Waals surface area contributed by atoms with Gasteiger partial charge in [0.1, 0.15) is 5.82 Å². The zero-order valence-corrected chi connectivity index (χ0v) is 15.1. The minimum atomic E-state index is -0.263. The van der Waals surface area contributed by atoms with Crippen molar-refractivity contribution in [2.75, 3.05) is 19.6 Å². The third kappa shape index (κ3) is 4.39. The summed E-state index contributed by atoms with van der Waals surface area (Å²) in [7, 11) is 0. The minimum absolute atomic E-state index is 0. The molecule has 1 heterocycles. The second-order valence-corrected chi connectivity index (χ2v) is 6.18. The second-order valence-electron chi connectivity index (χ2n) is 6.18. The first-order valence-electron chi connectivity index (χ1n) is 8.52. The number of benzene rings is 2. The molecule has 1 fully saturated rings. The average molecular weight is 363 g/mol. The first kappa shape index (κ1) is 19.4. The quantitative estimate of drug-likeness (QED) is 0.894. The second kappa shape index (κ2) is 8.97. The maximum absolute atomic E-state index is 13.6. The van der Waals surface area contributed by atoms with Gasteiger partial charge in [-0.25, -0.2) is 4.39 Å². The average Bonchev–Trinajstić information content (AvgIpc) is 2.63. The summed E-state index contributed by atoms with van der Waals surface area (Å²) in [6.07, 6.45) is 0.753. The molecule has 0 radical (unpaired) electrons. The van der Waals surface area contributed by atoms with Crippen LogP contribution in [0.1, 0.15) is 36.4 Å². The molecule has 0 aliphatic carbocycles. The van der Waals surface area contributed by atoms with Gasteiger partial charge in [0.2, 0.25) is 5.91 Å². The van der Waals surface area contributed by atoms with Gasteiger partial charge in [-0.2, -0.15) is 0 Å². The van der Waals surface area contributed by atoms with Crippen LogP contribution in [0.4, 0.5) is 4.39 Å². The fourth-order valence-corrected chi connectivity index (χ4v) is 3.42. The monoisotopic (exact) mass is 362 g/mol. The number of carbonyl (C=O) groups is 1. The topological polar surface area (TPSA) is 32.3 Å². The molecular formula is C20H24ClFN2O. The SMILES string of the molecule is CCC(C(=O)N1CCNCC1c1cccc(F)c1)c1ccccc1.Cl. The summed E-state index contributed by atoms with van der Waals surface area (Å²) in [6.45, 7) is 4.10. The Morgan fingerprint density at radius 3 is 2.68 bits per heavy atom. The fourth-order valence-electron chi connectivity index (χ4n) is 3.42. The van der Waals surface area contributed by atoms with E-state index in [1.165, 1.54) is 12.1 Å². The Labute approximate surface area is 154 Å². The van der Waals surface area contributed by atoms with Crippen LogP contribution in [0.3, 0.4) is 0 Å². The number of hydrogen-bond acceptors (Lipinski definition) is 2. The van der Waals surface area contributed by atoms with Crippen LogP contribution in [-0.2, 0) is 4.79 Å². The molecule has 25 heavy (non-hydrogen) atoms. The molecule has 2 aromatic carbocycles. The Morgan fingerprint density at radius 2 is 2.00 bits per heavy atom. The Balaban J connectivity index is 0.00000225.